The Hall–Kier alpha value is -2.17. The van der Waals surface area contributed by atoms with Crippen LogP contribution in [0.25, 0.3) is 10.9 Å². The minimum Gasteiger partial charge on any atom is -0.466 e. The number of hydrogen-bond donors (Lipinski definition) is 0. The third-order valence-corrected chi connectivity index (χ3v) is 2.59. The summed E-state index contributed by atoms with van der Waals surface area (Å²) in [6, 6.07) is 7.14. The lowest BCUT2D eigenvalue weighted by atomic mass is 10.2. The van der Waals surface area contributed by atoms with Crippen molar-refractivity contribution in [2.45, 2.75) is 19.9 Å². The highest BCUT2D eigenvalue weighted by Crippen LogP contribution is 2.04. The van der Waals surface area contributed by atoms with E-state index < -0.39 is 0 Å². The van der Waals surface area contributed by atoms with Crippen LogP contribution in [0.2, 0.25) is 0 Å². The summed E-state index contributed by atoms with van der Waals surface area (Å²) in [6.45, 7) is 2.39. The molecule has 0 aliphatic carbocycles. The fraction of sp³-hybridized carbons (Fsp3) is 0.308. The van der Waals surface area contributed by atoms with Crippen LogP contribution >= 0.6 is 0 Å². The van der Waals surface area contributed by atoms with E-state index >= 15 is 0 Å². The van der Waals surface area contributed by atoms with Gasteiger partial charge in [-0.3, -0.25) is 14.2 Å². The van der Waals surface area contributed by atoms with Gasteiger partial charge in [-0.15, -0.1) is 0 Å². The van der Waals surface area contributed by atoms with Gasteiger partial charge in [0.15, 0.2) is 0 Å². The largest absolute Gasteiger partial charge is 0.466 e. The molecule has 2 rings (SSSR count). The van der Waals surface area contributed by atoms with Crippen LogP contribution in [0.15, 0.2) is 35.4 Å². The molecule has 0 fully saturated rings. The monoisotopic (exact) mass is 246 g/mol. The summed E-state index contributed by atoms with van der Waals surface area (Å²) < 4.78 is 6.25. The highest BCUT2D eigenvalue weighted by Gasteiger charge is 2.06. The van der Waals surface area contributed by atoms with Crippen LogP contribution in [-0.4, -0.2) is 22.1 Å². The minimum atomic E-state index is -0.308. The van der Waals surface area contributed by atoms with Crippen molar-refractivity contribution in [3.8, 4) is 0 Å². The summed E-state index contributed by atoms with van der Waals surface area (Å²) >= 11 is 0. The molecule has 0 atom stereocenters. The first-order valence-corrected chi connectivity index (χ1v) is 5.82. The van der Waals surface area contributed by atoms with Crippen LogP contribution in [0, 0.1) is 0 Å². The number of aryl methyl sites for hydroxylation is 1. The molecule has 0 bridgehead atoms. The number of para-hydroxylation sites is 1. The van der Waals surface area contributed by atoms with Gasteiger partial charge in [0.05, 0.1) is 30.3 Å². The van der Waals surface area contributed by atoms with Gasteiger partial charge in [-0.25, -0.2) is 4.98 Å². The predicted octanol–water partition coefficient (Wildman–Crippen LogP) is 1.35. The Kier molecular flexibility index (Phi) is 3.72. The molecule has 2 aromatic rings. The Labute approximate surface area is 104 Å². The molecule has 5 heteroatoms. The number of esters is 1. The maximum atomic E-state index is 12.1. The first-order valence-electron chi connectivity index (χ1n) is 5.82. The topological polar surface area (TPSA) is 61.2 Å². The summed E-state index contributed by atoms with van der Waals surface area (Å²) in [5.74, 6) is -0.308. The lowest BCUT2D eigenvalue weighted by molar-refractivity contribution is -0.143. The van der Waals surface area contributed by atoms with E-state index in [1.165, 1.54) is 10.9 Å². The number of nitrogens with zero attached hydrogens (tertiary/aromatic N) is 2. The van der Waals surface area contributed by atoms with Crippen molar-refractivity contribution in [2.75, 3.05) is 6.61 Å². The molecular formula is C13H14N2O3. The van der Waals surface area contributed by atoms with Crippen LogP contribution in [0.1, 0.15) is 13.3 Å². The number of carbonyl (C=O) groups is 1. The Bertz CT molecular complexity index is 619. The number of carbonyl (C=O) groups excluding carboxylic acids is 1. The van der Waals surface area contributed by atoms with Gasteiger partial charge in [0.2, 0.25) is 0 Å². The summed E-state index contributed by atoms with van der Waals surface area (Å²) in [6.07, 6.45) is 1.64. The van der Waals surface area contributed by atoms with E-state index in [0.29, 0.717) is 17.5 Å². The molecule has 0 N–H and O–H groups in total. The van der Waals surface area contributed by atoms with Gasteiger partial charge < -0.3 is 4.74 Å². The number of aromatic nitrogens is 2. The molecule has 1 aromatic carbocycles. The lowest BCUT2D eigenvalue weighted by Gasteiger charge is -2.06. The van der Waals surface area contributed by atoms with Crippen LogP contribution in [0.5, 0.6) is 0 Å². The molecule has 18 heavy (non-hydrogen) atoms. The predicted molar refractivity (Wildman–Crippen MR) is 67.3 cm³/mol. The first-order chi connectivity index (χ1) is 8.72. The second-order valence-corrected chi connectivity index (χ2v) is 3.82. The third kappa shape index (κ3) is 2.56. The number of rotatable bonds is 4. The van der Waals surface area contributed by atoms with Gasteiger partial charge in [0.1, 0.15) is 0 Å². The lowest BCUT2D eigenvalue weighted by Crippen LogP contribution is -2.22. The maximum absolute atomic E-state index is 12.1. The van der Waals surface area contributed by atoms with Crippen molar-refractivity contribution < 1.29 is 9.53 Å². The molecule has 0 aliphatic rings. The van der Waals surface area contributed by atoms with E-state index in [0.717, 1.165) is 0 Å². The molecule has 94 valence electrons. The quantitative estimate of drug-likeness (QED) is 0.764. The molecule has 0 saturated heterocycles. The zero-order valence-corrected chi connectivity index (χ0v) is 10.1. The smallest absolute Gasteiger partial charge is 0.307 e. The van der Waals surface area contributed by atoms with Gasteiger partial charge >= 0.3 is 5.97 Å². The third-order valence-electron chi connectivity index (χ3n) is 2.59. The Balaban J connectivity index is 2.22. The molecule has 0 spiro atoms. The molecule has 1 aromatic heterocycles. The van der Waals surface area contributed by atoms with E-state index in [-0.39, 0.29) is 24.5 Å². The fourth-order valence-corrected chi connectivity index (χ4v) is 1.71. The van der Waals surface area contributed by atoms with Gasteiger partial charge in [-0.2, -0.15) is 0 Å². The summed E-state index contributed by atoms with van der Waals surface area (Å²) in [4.78, 5) is 27.5. The molecule has 0 radical (unpaired) electrons. The van der Waals surface area contributed by atoms with Crippen LogP contribution < -0.4 is 5.56 Å². The average molecular weight is 246 g/mol. The van der Waals surface area contributed by atoms with Crippen molar-refractivity contribution in [1.82, 2.24) is 9.55 Å². The Morgan fingerprint density at radius 3 is 2.94 bits per heavy atom. The highest BCUT2D eigenvalue weighted by molar-refractivity contribution is 5.77. The Morgan fingerprint density at radius 1 is 1.39 bits per heavy atom. The maximum Gasteiger partial charge on any atom is 0.307 e. The molecule has 5 nitrogen and oxygen atoms in total. The van der Waals surface area contributed by atoms with Gasteiger partial charge in [0, 0.05) is 6.54 Å². The van der Waals surface area contributed by atoms with E-state index in [9.17, 15) is 9.59 Å². The summed E-state index contributed by atoms with van der Waals surface area (Å²) in [5.41, 5.74) is 0.528. The zero-order valence-electron chi connectivity index (χ0n) is 10.1. The van der Waals surface area contributed by atoms with Crippen molar-refractivity contribution in [3.05, 3.63) is 40.9 Å². The van der Waals surface area contributed by atoms with Gasteiger partial charge in [-0.1, -0.05) is 12.1 Å². The SMILES string of the molecule is CCOC(=O)CCn1cnc2ccccc2c1=O. The molecule has 0 amide bonds. The average Bonchev–Trinajstić information content (AvgIpc) is 2.39. The first kappa shape index (κ1) is 12.3. The number of hydrogen-bond acceptors (Lipinski definition) is 4. The molecular weight excluding hydrogens is 232 g/mol. The molecule has 1 heterocycles. The fourth-order valence-electron chi connectivity index (χ4n) is 1.71. The van der Waals surface area contributed by atoms with Crippen molar-refractivity contribution in [1.29, 1.82) is 0 Å². The van der Waals surface area contributed by atoms with Gasteiger partial charge in [0.25, 0.3) is 5.56 Å². The van der Waals surface area contributed by atoms with E-state index in [1.807, 2.05) is 6.07 Å². The molecule has 0 unspecified atom stereocenters. The Morgan fingerprint density at radius 2 is 2.17 bits per heavy atom. The number of benzene rings is 1. The molecule has 0 saturated carbocycles. The second kappa shape index (κ2) is 5.44. The van der Waals surface area contributed by atoms with Crippen LogP contribution in [-0.2, 0) is 16.1 Å². The van der Waals surface area contributed by atoms with Crippen LogP contribution in [0.3, 0.4) is 0 Å². The normalized spacial score (nSPS) is 10.5. The van der Waals surface area contributed by atoms with Crippen molar-refractivity contribution >= 4 is 16.9 Å². The van der Waals surface area contributed by atoms with E-state index in [1.54, 1.807) is 25.1 Å². The molecule has 0 aliphatic heterocycles. The number of ether oxygens (including phenoxy) is 1. The van der Waals surface area contributed by atoms with Crippen LogP contribution in [0.4, 0.5) is 0 Å². The van der Waals surface area contributed by atoms with Crippen molar-refractivity contribution in [3.63, 3.8) is 0 Å². The summed E-state index contributed by atoms with van der Waals surface area (Å²) in [7, 11) is 0. The number of fused-ring (bicyclic) bond motifs is 1. The summed E-state index contributed by atoms with van der Waals surface area (Å²) in [5, 5.41) is 0.559. The standard InChI is InChI=1S/C13H14N2O3/c1-2-18-12(16)7-8-15-9-14-11-6-4-3-5-10(11)13(15)17/h3-6,9H,2,7-8H2,1H3. The zero-order chi connectivity index (χ0) is 13.0. The second-order valence-electron chi connectivity index (χ2n) is 3.82. The minimum absolute atomic E-state index is 0.134. The van der Waals surface area contributed by atoms with Crippen molar-refractivity contribution in [2.24, 2.45) is 0 Å². The van der Waals surface area contributed by atoms with E-state index in [2.05, 4.69) is 4.98 Å². The highest BCUT2D eigenvalue weighted by atomic mass is 16.5. The van der Waals surface area contributed by atoms with Gasteiger partial charge in [-0.05, 0) is 19.1 Å². The van der Waals surface area contributed by atoms with E-state index in [4.69, 9.17) is 4.74 Å².